The van der Waals surface area contributed by atoms with Crippen LogP contribution in [0, 0.1) is 0 Å². The molecular weight excluding hydrogens is 294 g/mol. The molecule has 1 fully saturated rings. The van der Waals surface area contributed by atoms with E-state index in [-0.39, 0.29) is 12.5 Å². The van der Waals surface area contributed by atoms with Crippen LogP contribution in [0.1, 0.15) is 6.92 Å². The molecule has 1 amide bonds. The number of para-hydroxylation sites is 2. The number of rotatable bonds is 5. The highest BCUT2D eigenvalue weighted by atomic mass is 16.5. The number of hydrogen-bond acceptors (Lipinski definition) is 4. The van der Waals surface area contributed by atoms with Gasteiger partial charge in [-0.2, -0.15) is 0 Å². The van der Waals surface area contributed by atoms with Crippen molar-refractivity contribution in [3.63, 3.8) is 0 Å². The zero-order chi connectivity index (χ0) is 16.2. The van der Waals surface area contributed by atoms with E-state index in [2.05, 4.69) is 0 Å². The quantitative estimate of drug-likeness (QED) is 0.628. The Morgan fingerprint density at radius 1 is 1.04 bits per heavy atom. The van der Waals surface area contributed by atoms with Gasteiger partial charge in [-0.3, -0.25) is 9.69 Å². The summed E-state index contributed by atoms with van der Waals surface area (Å²) in [5, 5.41) is 0. The summed E-state index contributed by atoms with van der Waals surface area (Å²) >= 11 is 0. The summed E-state index contributed by atoms with van der Waals surface area (Å²) < 4.78 is 10.8. The highest BCUT2D eigenvalue weighted by molar-refractivity contribution is 6.12. The Bertz CT molecular complexity index is 687. The van der Waals surface area contributed by atoms with Crippen molar-refractivity contribution in [2.75, 3.05) is 11.5 Å². The molecule has 0 unspecified atom stereocenters. The number of nitrogens with zero attached hydrogens (tertiary/aromatic N) is 1. The van der Waals surface area contributed by atoms with E-state index in [1.807, 2.05) is 36.4 Å². The van der Waals surface area contributed by atoms with E-state index in [0.717, 1.165) is 0 Å². The van der Waals surface area contributed by atoms with Crippen molar-refractivity contribution in [1.82, 2.24) is 0 Å². The molecule has 1 heterocycles. The molecular formula is C18H17NO4. The molecule has 5 heteroatoms. The maximum absolute atomic E-state index is 12.5. The van der Waals surface area contributed by atoms with Crippen LogP contribution in [0.4, 0.5) is 5.69 Å². The van der Waals surface area contributed by atoms with Crippen molar-refractivity contribution in [2.45, 2.75) is 19.1 Å². The van der Waals surface area contributed by atoms with Crippen LogP contribution < -0.4 is 9.64 Å². The van der Waals surface area contributed by atoms with Crippen molar-refractivity contribution in [2.24, 2.45) is 0 Å². The summed E-state index contributed by atoms with van der Waals surface area (Å²) in [4.78, 5) is 26.2. The Labute approximate surface area is 134 Å². The molecule has 1 saturated heterocycles. The molecule has 0 bridgehead atoms. The molecule has 0 aliphatic carbocycles. The molecule has 0 spiro atoms. The maximum atomic E-state index is 12.5. The lowest BCUT2D eigenvalue weighted by Crippen LogP contribution is -2.70. The third-order valence-electron chi connectivity index (χ3n) is 3.61. The number of amides is 1. The van der Waals surface area contributed by atoms with Crippen LogP contribution in [-0.2, 0) is 14.3 Å². The standard InChI is InChI=1S/C18H17NO4/c1-2-22-18(21)15-16(23-14-11-7-4-8-12-14)17(20)19(15)13-9-5-3-6-10-13/h3-12,15-16H,2H2,1H3/t15-,16-/m1/s1. The molecule has 118 valence electrons. The topological polar surface area (TPSA) is 55.8 Å². The number of hydrogen-bond donors (Lipinski definition) is 0. The van der Waals surface area contributed by atoms with E-state index in [1.54, 1.807) is 31.2 Å². The molecule has 0 radical (unpaired) electrons. The van der Waals surface area contributed by atoms with Gasteiger partial charge in [0.2, 0.25) is 6.10 Å². The predicted octanol–water partition coefficient (Wildman–Crippen LogP) is 2.41. The van der Waals surface area contributed by atoms with Gasteiger partial charge in [0.1, 0.15) is 5.75 Å². The monoisotopic (exact) mass is 311 g/mol. The van der Waals surface area contributed by atoms with Gasteiger partial charge in [-0.25, -0.2) is 4.79 Å². The first-order valence-corrected chi connectivity index (χ1v) is 7.49. The van der Waals surface area contributed by atoms with E-state index < -0.39 is 18.1 Å². The zero-order valence-corrected chi connectivity index (χ0v) is 12.7. The number of β-lactam (4-membered cyclic amide) rings is 1. The normalized spacial score (nSPS) is 19.9. The van der Waals surface area contributed by atoms with E-state index in [9.17, 15) is 9.59 Å². The SMILES string of the molecule is CCOC(=O)[C@H]1[C@@H](Oc2ccccc2)C(=O)N1c1ccccc1. The molecule has 2 atom stereocenters. The van der Waals surface area contributed by atoms with Crippen molar-refractivity contribution in [1.29, 1.82) is 0 Å². The minimum absolute atomic E-state index is 0.252. The summed E-state index contributed by atoms with van der Waals surface area (Å²) in [6, 6.07) is 17.3. The highest BCUT2D eigenvalue weighted by Crippen LogP contribution is 2.31. The molecule has 5 nitrogen and oxygen atoms in total. The minimum atomic E-state index is -0.864. The van der Waals surface area contributed by atoms with Gasteiger partial charge in [0.15, 0.2) is 6.04 Å². The lowest BCUT2D eigenvalue weighted by Gasteiger charge is -2.44. The summed E-state index contributed by atoms with van der Waals surface area (Å²) in [5.41, 5.74) is 0.656. The lowest BCUT2D eigenvalue weighted by atomic mass is 9.96. The van der Waals surface area contributed by atoms with Gasteiger partial charge >= 0.3 is 5.97 Å². The number of esters is 1. The van der Waals surface area contributed by atoms with Crippen molar-refractivity contribution in [3.8, 4) is 5.75 Å². The van der Waals surface area contributed by atoms with E-state index in [1.165, 1.54) is 4.90 Å². The number of carbonyl (C=O) groups is 2. The fourth-order valence-corrected chi connectivity index (χ4v) is 2.56. The van der Waals surface area contributed by atoms with E-state index in [0.29, 0.717) is 11.4 Å². The average Bonchev–Trinajstić information content (AvgIpc) is 2.59. The van der Waals surface area contributed by atoms with Crippen LogP contribution >= 0.6 is 0 Å². The first-order valence-electron chi connectivity index (χ1n) is 7.49. The third kappa shape index (κ3) is 2.90. The van der Waals surface area contributed by atoms with Crippen molar-refractivity contribution < 1.29 is 19.1 Å². The van der Waals surface area contributed by atoms with E-state index >= 15 is 0 Å². The van der Waals surface area contributed by atoms with Crippen LogP contribution in [-0.4, -0.2) is 30.6 Å². The van der Waals surface area contributed by atoms with Gasteiger partial charge < -0.3 is 9.47 Å². The van der Waals surface area contributed by atoms with Crippen LogP contribution in [0.5, 0.6) is 5.75 Å². The summed E-state index contributed by atoms with van der Waals surface area (Å²) in [6.45, 7) is 1.99. The number of benzene rings is 2. The van der Waals surface area contributed by atoms with Crippen molar-refractivity contribution in [3.05, 3.63) is 60.7 Å². The first-order chi connectivity index (χ1) is 11.2. The first kappa shape index (κ1) is 15.1. The van der Waals surface area contributed by atoms with Crippen LogP contribution in [0.3, 0.4) is 0 Å². The Balaban J connectivity index is 1.85. The molecule has 1 aliphatic rings. The predicted molar refractivity (Wildman–Crippen MR) is 85.2 cm³/mol. The Hall–Kier alpha value is -2.82. The van der Waals surface area contributed by atoms with Crippen LogP contribution in [0.2, 0.25) is 0 Å². The van der Waals surface area contributed by atoms with Gasteiger partial charge in [0.25, 0.3) is 5.91 Å². The Kier molecular flexibility index (Phi) is 4.28. The number of anilines is 1. The molecule has 3 rings (SSSR count). The number of carbonyl (C=O) groups excluding carboxylic acids is 2. The summed E-state index contributed by atoms with van der Waals surface area (Å²) in [6.07, 6.45) is -0.864. The second-order valence-electron chi connectivity index (χ2n) is 5.09. The Morgan fingerprint density at radius 2 is 1.65 bits per heavy atom. The van der Waals surface area contributed by atoms with Crippen LogP contribution in [0.15, 0.2) is 60.7 Å². The van der Waals surface area contributed by atoms with Crippen LogP contribution in [0.25, 0.3) is 0 Å². The molecule has 0 saturated carbocycles. The number of ether oxygens (including phenoxy) is 2. The average molecular weight is 311 g/mol. The molecule has 0 N–H and O–H groups in total. The third-order valence-corrected chi connectivity index (χ3v) is 3.61. The zero-order valence-electron chi connectivity index (χ0n) is 12.7. The molecule has 23 heavy (non-hydrogen) atoms. The molecule has 0 aromatic heterocycles. The van der Waals surface area contributed by atoms with Gasteiger partial charge in [0, 0.05) is 5.69 Å². The van der Waals surface area contributed by atoms with Gasteiger partial charge in [0.05, 0.1) is 6.61 Å². The van der Waals surface area contributed by atoms with Gasteiger partial charge in [-0.05, 0) is 31.2 Å². The second kappa shape index (κ2) is 6.52. The summed E-state index contributed by atoms with van der Waals surface area (Å²) in [7, 11) is 0. The fraction of sp³-hybridized carbons (Fsp3) is 0.222. The second-order valence-corrected chi connectivity index (χ2v) is 5.09. The van der Waals surface area contributed by atoms with Crippen molar-refractivity contribution >= 4 is 17.6 Å². The highest BCUT2D eigenvalue weighted by Gasteiger charge is 2.55. The van der Waals surface area contributed by atoms with E-state index in [4.69, 9.17) is 9.47 Å². The summed E-state index contributed by atoms with van der Waals surface area (Å²) in [5.74, 6) is -0.164. The van der Waals surface area contributed by atoms with Gasteiger partial charge in [-0.1, -0.05) is 36.4 Å². The molecule has 1 aliphatic heterocycles. The Morgan fingerprint density at radius 3 is 2.26 bits per heavy atom. The molecule has 2 aromatic rings. The lowest BCUT2D eigenvalue weighted by molar-refractivity contribution is -0.156. The minimum Gasteiger partial charge on any atom is -0.478 e. The fourth-order valence-electron chi connectivity index (χ4n) is 2.56. The largest absolute Gasteiger partial charge is 0.478 e. The van der Waals surface area contributed by atoms with Gasteiger partial charge in [-0.15, -0.1) is 0 Å². The smallest absolute Gasteiger partial charge is 0.333 e. The molecule has 2 aromatic carbocycles. The maximum Gasteiger partial charge on any atom is 0.333 e.